The van der Waals surface area contributed by atoms with Gasteiger partial charge >= 0.3 is 0 Å². The predicted molar refractivity (Wildman–Crippen MR) is 93.0 cm³/mol. The van der Waals surface area contributed by atoms with Crippen LogP contribution in [0.1, 0.15) is 23.9 Å². The van der Waals surface area contributed by atoms with Crippen LogP contribution >= 0.6 is 11.3 Å². The molecule has 1 saturated heterocycles. The molecule has 6 heteroatoms. The maximum atomic E-state index is 12.6. The zero-order valence-corrected chi connectivity index (χ0v) is 13.9. The minimum absolute atomic E-state index is 0.00796. The molecule has 1 aliphatic rings. The lowest BCUT2D eigenvalue weighted by molar-refractivity contribution is -0.134. The molecule has 1 atom stereocenters. The van der Waals surface area contributed by atoms with Gasteiger partial charge in [0, 0.05) is 29.7 Å². The number of ether oxygens (including phenoxy) is 1. The first-order chi connectivity index (χ1) is 11.8. The highest BCUT2D eigenvalue weighted by Crippen LogP contribution is 2.33. The van der Waals surface area contributed by atoms with E-state index in [2.05, 4.69) is 9.97 Å². The van der Waals surface area contributed by atoms with Gasteiger partial charge in [0.1, 0.15) is 10.8 Å². The Morgan fingerprint density at radius 1 is 1.25 bits per heavy atom. The summed E-state index contributed by atoms with van der Waals surface area (Å²) in [5.74, 6) is 0.701. The van der Waals surface area contributed by atoms with Crippen LogP contribution in [0.5, 0.6) is 5.75 Å². The molecule has 0 aliphatic carbocycles. The first-order valence-corrected chi connectivity index (χ1v) is 8.86. The summed E-state index contributed by atoms with van der Waals surface area (Å²) in [6.45, 7) is 0.805. The summed E-state index contributed by atoms with van der Waals surface area (Å²) in [6.07, 6.45) is 5.47. The maximum Gasteiger partial charge on any atom is 0.261 e. The molecule has 122 valence electrons. The topological polar surface area (TPSA) is 55.3 Å². The van der Waals surface area contributed by atoms with Crippen molar-refractivity contribution in [3.05, 3.63) is 53.1 Å². The number of rotatable bonds is 4. The van der Waals surface area contributed by atoms with Crippen molar-refractivity contribution < 1.29 is 9.53 Å². The first-order valence-electron chi connectivity index (χ1n) is 7.98. The fraction of sp³-hybridized carbons (Fsp3) is 0.278. The molecule has 1 fully saturated rings. The van der Waals surface area contributed by atoms with Crippen molar-refractivity contribution in [2.75, 3.05) is 13.2 Å². The Bertz CT molecular complexity index is 845. The number of hydrogen-bond acceptors (Lipinski definition) is 5. The second-order valence-electron chi connectivity index (χ2n) is 5.73. The van der Waals surface area contributed by atoms with Gasteiger partial charge in [-0.15, -0.1) is 11.3 Å². The molecule has 0 radical (unpaired) electrons. The van der Waals surface area contributed by atoms with E-state index in [9.17, 15) is 4.79 Å². The van der Waals surface area contributed by atoms with Crippen molar-refractivity contribution in [1.29, 1.82) is 0 Å². The van der Waals surface area contributed by atoms with Gasteiger partial charge in [0.25, 0.3) is 5.91 Å². The Morgan fingerprint density at radius 2 is 2.17 bits per heavy atom. The third-order valence-electron chi connectivity index (χ3n) is 4.27. The quantitative estimate of drug-likeness (QED) is 0.731. The summed E-state index contributed by atoms with van der Waals surface area (Å²) < 4.78 is 5.81. The van der Waals surface area contributed by atoms with E-state index < -0.39 is 0 Å². The lowest BCUT2D eigenvalue weighted by Crippen LogP contribution is -2.34. The second-order valence-corrected chi connectivity index (χ2v) is 6.66. The van der Waals surface area contributed by atoms with Gasteiger partial charge in [-0.25, -0.2) is 4.98 Å². The SMILES string of the molecule is O=C(COc1ccnc2ccccc12)N1CCCC1c1nccs1. The van der Waals surface area contributed by atoms with Crippen molar-refractivity contribution >= 4 is 28.1 Å². The number of nitrogens with zero attached hydrogens (tertiary/aromatic N) is 3. The van der Waals surface area contributed by atoms with E-state index in [4.69, 9.17) is 4.74 Å². The number of benzene rings is 1. The molecule has 1 unspecified atom stereocenters. The van der Waals surface area contributed by atoms with E-state index in [0.29, 0.717) is 5.75 Å². The van der Waals surface area contributed by atoms with Crippen LogP contribution in [-0.4, -0.2) is 33.9 Å². The first kappa shape index (κ1) is 15.1. The Hall–Kier alpha value is -2.47. The highest BCUT2D eigenvalue weighted by molar-refractivity contribution is 7.09. The zero-order valence-electron chi connectivity index (χ0n) is 13.1. The van der Waals surface area contributed by atoms with Gasteiger partial charge in [-0.3, -0.25) is 9.78 Å². The number of pyridine rings is 1. The molecule has 24 heavy (non-hydrogen) atoms. The molecule has 0 N–H and O–H groups in total. The van der Waals surface area contributed by atoms with Crippen molar-refractivity contribution in [3.63, 3.8) is 0 Å². The van der Waals surface area contributed by atoms with E-state index >= 15 is 0 Å². The van der Waals surface area contributed by atoms with E-state index in [1.54, 1.807) is 29.8 Å². The highest BCUT2D eigenvalue weighted by atomic mass is 32.1. The van der Waals surface area contributed by atoms with Crippen LogP contribution in [0.25, 0.3) is 10.9 Å². The fourth-order valence-corrected chi connectivity index (χ4v) is 3.92. The van der Waals surface area contributed by atoms with Crippen LogP contribution in [0, 0.1) is 0 Å². The number of likely N-dealkylation sites (tertiary alicyclic amines) is 1. The van der Waals surface area contributed by atoms with Crippen LogP contribution in [-0.2, 0) is 4.79 Å². The number of thiazole rings is 1. The molecule has 1 aromatic carbocycles. The Labute approximate surface area is 143 Å². The van der Waals surface area contributed by atoms with Gasteiger partial charge in [-0.05, 0) is 31.0 Å². The summed E-state index contributed by atoms with van der Waals surface area (Å²) in [4.78, 5) is 23.2. The predicted octanol–water partition coefficient (Wildman–Crippen LogP) is 3.43. The van der Waals surface area contributed by atoms with Crippen LogP contribution in [0.4, 0.5) is 0 Å². The number of carbonyl (C=O) groups is 1. The van der Waals surface area contributed by atoms with Crippen LogP contribution < -0.4 is 4.74 Å². The van der Waals surface area contributed by atoms with Gasteiger partial charge in [-0.1, -0.05) is 12.1 Å². The minimum Gasteiger partial charge on any atom is -0.483 e. The van der Waals surface area contributed by atoms with Crippen molar-refractivity contribution in [2.45, 2.75) is 18.9 Å². The zero-order chi connectivity index (χ0) is 16.4. The van der Waals surface area contributed by atoms with E-state index in [1.807, 2.05) is 34.5 Å². The molecule has 2 aromatic heterocycles. The minimum atomic E-state index is 0.00796. The van der Waals surface area contributed by atoms with E-state index in [0.717, 1.165) is 35.3 Å². The third kappa shape index (κ3) is 2.85. The fourth-order valence-electron chi connectivity index (χ4n) is 3.14. The average Bonchev–Trinajstić information content (AvgIpc) is 3.30. The van der Waals surface area contributed by atoms with Gasteiger partial charge in [-0.2, -0.15) is 0 Å². The summed E-state index contributed by atoms with van der Waals surface area (Å²) in [7, 11) is 0. The molecule has 4 rings (SSSR count). The Morgan fingerprint density at radius 3 is 3.04 bits per heavy atom. The van der Waals surface area contributed by atoms with Gasteiger partial charge in [0.15, 0.2) is 6.61 Å². The normalized spacial score (nSPS) is 17.3. The maximum absolute atomic E-state index is 12.6. The van der Waals surface area contributed by atoms with Crippen LogP contribution in [0.15, 0.2) is 48.1 Å². The number of carbonyl (C=O) groups excluding carboxylic acids is 1. The number of para-hydroxylation sites is 1. The number of aromatic nitrogens is 2. The monoisotopic (exact) mass is 339 g/mol. The number of fused-ring (bicyclic) bond motifs is 1. The van der Waals surface area contributed by atoms with Gasteiger partial charge in [0.2, 0.25) is 0 Å². The second kappa shape index (κ2) is 6.57. The Kier molecular flexibility index (Phi) is 4.13. The molecule has 3 heterocycles. The van der Waals surface area contributed by atoms with Crippen molar-refractivity contribution in [2.24, 2.45) is 0 Å². The van der Waals surface area contributed by atoms with E-state index in [-0.39, 0.29) is 18.6 Å². The standard InChI is InChI=1S/C18H17N3O2S/c22-17(21-10-3-6-15(21)18-20-9-11-24-18)12-23-16-7-8-19-14-5-2-1-4-13(14)16/h1-2,4-5,7-9,11,15H,3,6,10,12H2. The molecule has 1 aliphatic heterocycles. The van der Waals surface area contributed by atoms with E-state index in [1.165, 1.54) is 0 Å². The molecular formula is C18H17N3O2S. The van der Waals surface area contributed by atoms with Crippen molar-refractivity contribution in [3.8, 4) is 5.75 Å². The highest BCUT2D eigenvalue weighted by Gasteiger charge is 2.31. The molecular weight excluding hydrogens is 322 g/mol. The van der Waals surface area contributed by atoms with Crippen LogP contribution in [0.3, 0.4) is 0 Å². The number of hydrogen-bond donors (Lipinski definition) is 0. The molecule has 3 aromatic rings. The summed E-state index contributed by atoms with van der Waals surface area (Å²) >= 11 is 1.60. The summed E-state index contributed by atoms with van der Waals surface area (Å²) in [6, 6.07) is 9.66. The lowest BCUT2D eigenvalue weighted by atomic mass is 10.2. The largest absolute Gasteiger partial charge is 0.483 e. The molecule has 0 bridgehead atoms. The molecule has 0 spiro atoms. The third-order valence-corrected chi connectivity index (χ3v) is 5.15. The average molecular weight is 339 g/mol. The lowest BCUT2D eigenvalue weighted by Gasteiger charge is -2.23. The summed E-state index contributed by atoms with van der Waals surface area (Å²) in [5.41, 5.74) is 0.865. The Balaban J connectivity index is 1.48. The van der Waals surface area contributed by atoms with Crippen molar-refractivity contribution in [1.82, 2.24) is 14.9 Å². The molecule has 0 saturated carbocycles. The number of amides is 1. The van der Waals surface area contributed by atoms with Gasteiger partial charge < -0.3 is 9.64 Å². The van der Waals surface area contributed by atoms with Gasteiger partial charge in [0.05, 0.1) is 11.6 Å². The summed E-state index contributed by atoms with van der Waals surface area (Å²) in [5, 5.41) is 3.89. The van der Waals surface area contributed by atoms with Crippen LogP contribution in [0.2, 0.25) is 0 Å². The molecule has 1 amide bonds. The molecule has 5 nitrogen and oxygen atoms in total. The smallest absolute Gasteiger partial charge is 0.261 e.